The first-order valence-electron chi connectivity index (χ1n) is 17.6. The standard InChI is InChI=1S/C50H40/c1-8-22-39(23-9-1)37-49(38-47(42-28-14-4-15-29-42)43-30-16-5-17-31-43)48(36-46(40-24-10-2-11-25-40)41-26-12-3-13-27-41)50(49,44-32-18-6-19-33-44)45-34-20-7-21-35-45/h1-36,38,48H,37H2/t48-,49+/m1/s1. The van der Waals surface area contributed by atoms with Crippen molar-refractivity contribution in [1.29, 1.82) is 0 Å². The van der Waals surface area contributed by atoms with Crippen LogP contribution in [0.15, 0.2) is 224 Å². The number of hydrogen-bond donors (Lipinski definition) is 0. The molecule has 0 bridgehead atoms. The summed E-state index contributed by atoms with van der Waals surface area (Å²) >= 11 is 0. The summed E-state index contributed by atoms with van der Waals surface area (Å²) in [6.07, 6.45) is 6.13. The van der Waals surface area contributed by atoms with E-state index in [1.807, 2.05) is 0 Å². The van der Waals surface area contributed by atoms with Gasteiger partial charge >= 0.3 is 0 Å². The molecule has 0 spiro atoms. The van der Waals surface area contributed by atoms with Crippen LogP contribution in [-0.4, -0.2) is 0 Å². The molecule has 0 aromatic heterocycles. The molecule has 0 saturated heterocycles. The Morgan fingerprint density at radius 1 is 0.380 bits per heavy atom. The Kier molecular flexibility index (Phi) is 8.68. The molecule has 1 fully saturated rings. The first kappa shape index (κ1) is 31.3. The molecule has 1 aliphatic rings. The lowest BCUT2D eigenvalue weighted by Gasteiger charge is -2.27. The van der Waals surface area contributed by atoms with E-state index >= 15 is 0 Å². The predicted octanol–water partition coefficient (Wildman–Crippen LogP) is 12.1. The summed E-state index contributed by atoms with van der Waals surface area (Å²) < 4.78 is 0. The van der Waals surface area contributed by atoms with E-state index in [0.717, 1.165) is 6.42 Å². The van der Waals surface area contributed by atoms with Crippen LogP contribution in [0, 0.1) is 11.3 Å². The Hall–Kier alpha value is -5.98. The average molecular weight is 641 g/mol. The van der Waals surface area contributed by atoms with E-state index in [0.29, 0.717) is 0 Å². The minimum atomic E-state index is -0.352. The maximum Gasteiger partial charge on any atom is 0.0374 e. The van der Waals surface area contributed by atoms with Gasteiger partial charge in [-0.25, -0.2) is 0 Å². The molecule has 2 atom stereocenters. The van der Waals surface area contributed by atoms with Crippen molar-refractivity contribution in [1.82, 2.24) is 0 Å². The van der Waals surface area contributed by atoms with Gasteiger partial charge in [0.2, 0.25) is 0 Å². The SMILES string of the molecule is C(=C(c1ccccc1)c1ccccc1)[C@H]1C(c2ccccc2)(c2ccccc2)[C@]1(C=C(c1ccccc1)c1ccccc1)Cc1ccccc1. The fourth-order valence-electron chi connectivity index (χ4n) is 8.35. The number of benzene rings is 7. The van der Waals surface area contributed by atoms with Crippen LogP contribution in [-0.2, 0) is 11.8 Å². The van der Waals surface area contributed by atoms with Crippen LogP contribution in [0.2, 0.25) is 0 Å². The highest BCUT2D eigenvalue weighted by molar-refractivity contribution is 5.84. The zero-order chi connectivity index (χ0) is 33.6. The van der Waals surface area contributed by atoms with Gasteiger partial charge in [0.05, 0.1) is 0 Å². The molecule has 7 aromatic rings. The van der Waals surface area contributed by atoms with E-state index in [1.165, 1.54) is 50.1 Å². The second-order valence-electron chi connectivity index (χ2n) is 13.3. The van der Waals surface area contributed by atoms with Crippen molar-refractivity contribution >= 4 is 11.1 Å². The average Bonchev–Trinajstić information content (AvgIpc) is 3.77. The van der Waals surface area contributed by atoms with Gasteiger partial charge in [0, 0.05) is 16.7 Å². The van der Waals surface area contributed by atoms with Crippen LogP contribution in [0.4, 0.5) is 0 Å². The summed E-state index contributed by atoms with van der Waals surface area (Å²) in [6.45, 7) is 0. The van der Waals surface area contributed by atoms with Crippen LogP contribution < -0.4 is 0 Å². The normalized spacial score (nSPS) is 17.3. The summed E-state index contributed by atoms with van der Waals surface area (Å²) in [7, 11) is 0. The van der Waals surface area contributed by atoms with Gasteiger partial charge in [-0.1, -0.05) is 224 Å². The van der Waals surface area contributed by atoms with E-state index in [9.17, 15) is 0 Å². The second-order valence-corrected chi connectivity index (χ2v) is 13.3. The Balaban J connectivity index is 1.50. The van der Waals surface area contributed by atoms with Gasteiger partial charge in [0.1, 0.15) is 0 Å². The van der Waals surface area contributed by atoms with Gasteiger partial charge in [-0.2, -0.15) is 0 Å². The van der Waals surface area contributed by atoms with Gasteiger partial charge in [-0.3, -0.25) is 0 Å². The number of rotatable bonds is 10. The molecule has 0 unspecified atom stereocenters. The highest BCUT2D eigenvalue weighted by Crippen LogP contribution is 2.76. The van der Waals surface area contributed by atoms with Gasteiger partial charge < -0.3 is 0 Å². The van der Waals surface area contributed by atoms with E-state index in [2.05, 4.69) is 224 Å². The lowest BCUT2D eigenvalue weighted by Crippen LogP contribution is -2.22. The Morgan fingerprint density at radius 3 is 1.08 bits per heavy atom. The molecule has 240 valence electrons. The van der Waals surface area contributed by atoms with E-state index in [1.54, 1.807) is 0 Å². The number of hydrogen-bond acceptors (Lipinski definition) is 0. The third-order valence-electron chi connectivity index (χ3n) is 10.5. The topological polar surface area (TPSA) is 0 Å². The van der Waals surface area contributed by atoms with Crippen molar-refractivity contribution in [3.8, 4) is 0 Å². The molecule has 0 heteroatoms. The zero-order valence-electron chi connectivity index (χ0n) is 28.1. The van der Waals surface area contributed by atoms with E-state index in [-0.39, 0.29) is 16.7 Å². The third kappa shape index (κ3) is 5.74. The largest absolute Gasteiger partial charge is 0.0708 e. The van der Waals surface area contributed by atoms with Crippen molar-refractivity contribution in [2.24, 2.45) is 11.3 Å². The molecule has 0 amide bonds. The molecular formula is C50H40. The molecule has 0 nitrogen and oxygen atoms in total. The number of allylic oxidation sites excluding steroid dienone is 2. The predicted molar refractivity (Wildman–Crippen MR) is 210 cm³/mol. The summed E-state index contributed by atoms with van der Waals surface area (Å²) in [5.74, 6) is 0.123. The molecule has 7 aromatic carbocycles. The zero-order valence-corrected chi connectivity index (χ0v) is 28.1. The van der Waals surface area contributed by atoms with Gasteiger partial charge in [0.25, 0.3) is 0 Å². The maximum atomic E-state index is 2.65. The lowest BCUT2D eigenvalue weighted by atomic mass is 9.76. The van der Waals surface area contributed by atoms with Crippen molar-refractivity contribution in [2.75, 3.05) is 0 Å². The molecule has 0 heterocycles. The summed E-state index contributed by atoms with van der Waals surface area (Å²) in [5.41, 5.74) is 10.7. The van der Waals surface area contributed by atoms with Crippen LogP contribution >= 0.6 is 0 Å². The quantitative estimate of drug-likeness (QED) is 0.140. The van der Waals surface area contributed by atoms with Crippen molar-refractivity contribution in [3.63, 3.8) is 0 Å². The van der Waals surface area contributed by atoms with Gasteiger partial charge in [-0.15, -0.1) is 0 Å². The van der Waals surface area contributed by atoms with Crippen LogP contribution in [0.1, 0.15) is 38.9 Å². The molecule has 50 heavy (non-hydrogen) atoms. The highest BCUT2D eigenvalue weighted by atomic mass is 14.8. The summed E-state index contributed by atoms with van der Waals surface area (Å²) in [4.78, 5) is 0. The summed E-state index contributed by atoms with van der Waals surface area (Å²) in [6, 6.07) is 77.3. The van der Waals surface area contributed by atoms with Crippen LogP contribution in [0.25, 0.3) is 11.1 Å². The van der Waals surface area contributed by atoms with Crippen molar-refractivity contribution in [2.45, 2.75) is 11.8 Å². The van der Waals surface area contributed by atoms with Crippen LogP contribution in [0.5, 0.6) is 0 Å². The second kappa shape index (κ2) is 13.9. The molecule has 1 aliphatic carbocycles. The first-order chi connectivity index (χ1) is 24.8. The van der Waals surface area contributed by atoms with Crippen molar-refractivity contribution < 1.29 is 0 Å². The monoisotopic (exact) mass is 640 g/mol. The highest BCUT2D eigenvalue weighted by Gasteiger charge is 2.75. The third-order valence-corrected chi connectivity index (χ3v) is 10.5. The molecule has 8 rings (SSSR count). The van der Waals surface area contributed by atoms with Crippen molar-refractivity contribution in [3.05, 3.63) is 263 Å². The van der Waals surface area contributed by atoms with E-state index < -0.39 is 0 Å². The Bertz CT molecular complexity index is 2060. The Labute approximate surface area is 296 Å². The fraction of sp³-hybridized carbons (Fsp3) is 0.0800. The molecule has 0 N–H and O–H groups in total. The molecule has 1 saturated carbocycles. The summed E-state index contributed by atoms with van der Waals surface area (Å²) in [5, 5.41) is 0. The maximum absolute atomic E-state index is 2.65. The minimum Gasteiger partial charge on any atom is -0.0708 e. The smallest absolute Gasteiger partial charge is 0.0374 e. The molecule has 0 radical (unpaired) electrons. The van der Waals surface area contributed by atoms with Gasteiger partial charge in [0.15, 0.2) is 0 Å². The Morgan fingerprint density at radius 2 is 0.700 bits per heavy atom. The minimum absolute atomic E-state index is 0.123. The molecule has 0 aliphatic heterocycles. The molecular weight excluding hydrogens is 601 g/mol. The fourth-order valence-corrected chi connectivity index (χ4v) is 8.35. The van der Waals surface area contributed by atoms with Gasteiger partial charge in [-0.05, 0) is 56.5 Å². The first-order valence-corrected chi connectivity index (χ1v) is 17.6. The van der Waals surface area contributed by atoms with E-state index in [4.69, 9.17) is 0 Å². The lowest BCUT2D eigenvalue weighted by molar-refractivity contribution is 0.550. The van der Waals surface area contributed by atoms with Crippen LogP contribution in [0.3, 0.4) is 0 Å².